The molecule has 2 N–H and O–H groups in total. The number of hydrogen-bond donors (Lipinski definition) is 1. The average Bonchev–Trinajstić information content (AvgIpc) is 2.53. The highest BCUT2D eigenvalue weighted by atomic mass is 14.6. The molecule has 0 spiro atoms. The lowest BCUT2D eigenvalue weighted by Gasteiger charge is -2.35. The van der Waals surface area contributed by atoms with Crippen LogP contribution in [0.3, 0.4) is 0 Å². The highest BCUT2D eigenvalue weighted by Gasteiger charge is 2.34. The SMILES string of the molecule is CC1=Cc2c(C#N)c(N)c(C#N)c(-c3ccccc3)c2C(C)(C)C1. The number of anilines is 1. The van der Waals surface area contributed by atoms with Crippen LogP contribution < -0.4 is 5.73 Å². The van der Waals surface area contributed by atoms with Crippen LogP contribution in [0.5, 0.6) is 0 Å². The molecule has 0 aliphatic heterocycles. The van der Waals surface area contributed by atoms with Crippen molar-refractivity contribution >= 4 is 11.8 Å². The minimum absolute atomic E-state index is 0.176. The van der Waals surface area contributed by atoms with Gasteiger partial charge in [0.05, 0.1) is 16.8 Å². The van der Waals surface area contributed by atoms with E-state index in [0.29, 0.717) is 11.1 Å². The summed E-state index contributed by atoms with van der Waals surface area (Å²) >= 11 is 0. The van der Waals surface area contributed by atoms with Crippen molar-refractivity contribution in [1.29, 1.82) is 10.5 Å². The van der Waals surface area contributed by atoms with E-state index in [1.807, 2.05) is 36.4 Å². The summed E-state index contributed by atoms with van der Waals surface area (Å²) in [5, 5.41) is 19.4. The molecule has 0 fully saturated rings. The number of hydrogen-bond acceptors (Lipinski definition) is 3. The van der Waals surface area contributed by atoms with Crippen molar-refractivity contribution in [2.24, 2.45) is 0 Å². The molecular weight excluding hydrogens is 294 g/mol. The van der Waals surface area contributed by atoms with Crippen molar-refractivity contribution in [1.82, 2.24) is 0 Å². The number of nitrogen functional groups attached to an aromatic ring is 1. The molecule has 0 radical (unpaired) electrons. The molecular formula is C21H19N3. The summed E-state index contributed by atoms with van der Waals surface area (Å²) < 4.78 is 0. The van der Waals surface area contributed by atoms with Crippen molar-refractivity contribution in [3.05, 3.63) is 58.2 Å². The Labute approximate surface area is 142 Å². The zero-order valence-electron chi connectivity index (χ0n) is 14.1. The number of nitriles is 2. The molecule has 0 heterocycles. The van der Waals surface area contributed by atoms with Crippen LogP contribution in [0.2, 0.25) is 0 Å². The minimum atomic E-state index is -0.176. The Morgan fingerprint density at radius 2 is 1.67 bits per heavy atom. The molecule has 0 bridgehead atoms. The fraction of sp³-hybridized carbons (Fsp3) is 0.238. The predicted molar refractivity (Wildman–Crippen MR) is 97.0 cm³/mol. The van der Waals surface area contributed by atoms with Crippen LogP contribution in [-0.4, -0.2) is 0 Å². The number of nitrogens with zero attached hydrogens (tertiary/aromatic N) is 2. The van der Waals surface area contributed by atoms with Gasteiger partial charge in [0.25, 0.3) is 0 Å². The van der Waals surface area contributed by atoms with Gasteiger partial charge in [0.1, 0.15) is 12.1 Å². The summed E-state index contributed by atoms with van der Waals surface area (Å²) in [4.78, 5) is 0. The Kier molecular flexibility index (Phi) is 3.66. The van der Waals surface area contributed by atoms with E-state index in [1.165, 1.54) is 5.57 Å². The molecule has 0 saturated heterocycles. The standard InChI is InChI=1S/C21H19N3/c1-13-9-15-16(11-22)20(24)17(12-23)18(14-7-5-4-6-8-14)19(15)21(2,3)10-13/h4-9H,10,24H2,1-3H3. The van der Waals surface area contributed by atoms with Gasteiger partial charge in [-0.25, -0.2) is 0 Å². The van der Waals surface area contributed by atoms with Gasteiger partial charge in [0.2, 0.25) is 0 Å². The van der Waals surface area contributed by atoms with Gasteiger partial charge in [-0.1, -0.05) is 55.8 Å². The van der Waals surface area contributed by atoms with Crippen molar-refractivity contribution in [3.63, 3.8) is 0 Å². The van der Waals surface area contributed by atoms with E-state index in [1.54, 1.807) is 0 Å². The fourth-order valence-electron chi connectivity index (χ4n) is 3.85. The largest absolute Gasteiger partial charge is 0.397 e. The second-order valence-corrected chi connectivity index (χ2v) is 6.97. The van der Waals surface area contributed by atoms with E-state index in [4.69, 9.17) is 5.73 Å². The Balaban J connectivity index is 2.56. The van der Waals surface area contributed by atoms with Gasteiger partial charge >= 0.3 is 0 Å². The molecule has 24 heavy (non-hydrogen) atoms. The maximum Gasteiger partial charge on any atom is 0.102 e. The topological polar surface area (TPSA) is 73.6 Å². The summed E-state index contributed by atoms with van der Waals surface area (Å²) in [5.41, 5.74) is 12.1. The molecule has 3 heteroatoms. The summed E-state index contributed by atoms with van der Waals surface area (Å²) in [6, 6.07) is 14.3. The van der Waals surface area contributed by atoms with Gasteiger partial charge < -0.3 is 5.73 Å². The van der Waals surface area contributed by atoms with Crippen molar-refractivity contribution in [2.45, 2.75) is 32.6 Å². The molecule has 2 aromatic carbocycles. The third kappa shape index (κ3) is 2.27. The molecule has 0 amide bonds. The van der Waals surface area contributed by atoms with Crippen molar-refractivity contribution in [2.75, 3.05) is 5.73 Å². The number of benzene rings is 2. The first-order valence-electron chi connectivity index (χ1n) is 7.93. The van der Waals surface area contributed by atoms with Gasteiger partial charge in [0.15, 0.2) is 0 Å². The van der Waals surface area contributed by atoms with Crippen molar-refractivity contribution in [3.8, 4) is 23.3 Å². The van der Waals surface area contributed by atoms with Crippen LogP contribution in [-0.2, 0) is 5.41 Å². The lowest BCUT2D eigenvalue weighted by Crippen LogP contribution is -2.25. The smallest absolute Gasteiger partial charge is 0.102 e. The molecule has 0 unspecified atom stereocenters. The van der Waals surface area contributed by atoms with Crippen LogP contribution in [0.4, 0.5) is 5.69 Å². The highest BCUT2D eigenvalue weighted by molar-refractivity contribution is 5.90. The summed E-state index contributed by atoms with van der Waals surface area (Å²) in [5.74, 6) is 0. The molecule has 118 valence electrons. The first-order valence-corrected chi connectivity index (χ1v) is 7.93. The van der Waals surface area contributed by atoms with Gasteiger partial charge in [-0.15, -0.1) is 0 Å². The van der Waals surface area contributed by atoms with E-state index in [2.05, 4.69) is 32.9 Å². The Bertz CT molecular complexity index is 936. The lowest BCUT2D eigenvalue weighted by molar-refractivity contribution is 0.515. The predicted octanol–water partition coefficient (Wildman–Crippen LogP) is 4.76. The van der Waals surface area contributed by atoms with Gasteiger partial charge in [-0.3, -0.25) is 0 Å². The molecule has 3 rings (SSSR count). The highest BCUT2D eigenvalue weighted by Crippen LogP contribution is 2.48. The second-order valence-electron chi connectivity index (χ2n) is 6.97. The zero-order valence-corrected chi connectivity index (χ0v) is 14.1. The van der Waals surface area contributed by atoms with Crippen LogP contribution in [0.15, 0.2) is 35.9 Å². The summed E-state index contributed by atoms with van der Waals surface area (Å²) in [6.07, 6.45) is 2.93. The van der Waals surface area contributed by atoms with E-state index < -0.39 is 0 Å². The van der Waals surface area contributed by atoms with E-state index in [9.17, 15) is 10.5 Å². The van der Waals surface area contributed by atoms with Gasteiger partial charge in [-0.2, -0.15) is 10.5 Å². The Morgan fingerprint density at radius 1 is 1.04 bits per heavy atom. The number of allylic oxidation sites excluding steroid dienone is 1. The molecule has 0 aromatic heterocycles. The Hall–Kier alpha value is -3.04. The first-order chi connectivity index (χ1) is 11.4. The maximum absolute atomic E-state index is 9.75. The van der Waals surface area contributed by atoms with E-state index in [-0.39, 0.29) is 11.1 Å². The zero-order chi connectivity index (χ0) is 17.5. The molecule has 1 aliphatic rings. The molecule has 0 atom stereocenters. The van der Waals surface area contributed by atoms with Crippen LogP contribution in [0.1, 0.15) is 49.4 Å². The van der Waals surface area contributed by atoms with E-state index >= 15 is 0 Å². The van der Waals surface area contributed by atoms with Crippen LogP contribution >= 0.6 is 0 Å². The monoisotopic (exact) mass is 313 g/mol. The van der Waals surface area contributed by atoms with Gasteiger partial charge in [-0.05, 0) is 35.4 Å². The quantitative estimate of drug-likeness (QED) is 0.771. The second kappa shape index (κ2) is 5.55. The lowest BCUT2D eigenvalue weighted by atomic mass is 9.68. The number of fused-ring (bicyclic) bond motifs is 1. The average molecular weight is 313 g/mol. The third-order valence-electron chi connectivity index (χ3n) is 4.65. The normalized spacial score (nSPS) is 15.0. The third-order valence-corrected chi connectivity index (χ3v) is 4.65. The fourth-order valence-corrected chi connectivity index (χ4v) is 3.85. The van der Waals surface area contributed by atoms with Crippen LogP contribution in [0.25, 0.3) is 17.2 Å². The number of nitrogens with two attached hydrogens (primary N) is 1. The van der Waals surface area contributed by atoms with Gasteiger partial charge in [0, 0.05) is 5.56 Å². The summed E-state index contributed by atoms with van der Waals surface area (Å²) in [6.45, 7) is 6.39. The molecule has 2 aromatic rings. The molecule has 0 saturated carbocycles. The number of rotatable bonds is 1. The van der Waals surface area contributed by atoms with E-state index in [0.717, 1.165) is 28.7 Å². The first kappa shape index (κ1) is 15.8. The van der Waals surface area contributed by atoms with Crippen molar-refractivity contribution < 1.29 is 0 Å². The minimum Gasteiger partial charge on any atom is -0.397 e. The summed E-state index contributed by atoms with van der Waals surface area (Å²) in [7, 11) is 0. The van der Waals surface area contributed by atoms with Crippen LogP contribution in [0, 0.1) is 22.7 Å². The Morgan fingerprint density at radius 3 is 2.25 bits per heavy atom. The maximum atomic E-state index is 9.75. The molecule has 1 aliphatic carbocycles. The molecule has 3 nitrogen and oxygen atoms in total.